The molecular formula is C18H19ClN4S. The van der Waals surface area contributed by atoms with Gasteiger partial charge >= 0.3 is 0 Å². The molecule has 0 saturated heterocycles. The maximum absolute atomic E-state index is 6.04. The van der Waals surface area contributed by atoms with Crippen LogP contribution in [0.4, 0.5) is 5.00 Å². The quantitative estimate of drug-likeness (QED) is 0.578. The maximum Gasteiger partial charge on any atom is 0.154 e. The van der Waals surface area contributed by atoms with Gasteiger partial charge in [0.15, 0.2) is 5.84 Å². The lowest BCUT2D eigenvalue weighted by Gasteiger charge is -2.21. The number of anilines is 1. The van der Waals surface area contributed by atoms with Crippen molar-refractivity contribution in [2.45, 2.75) is 20.8 Å². The molecule has 1 aromatic heterocycles. The van der Waals surface area contributed by atoms with E-state index >= 15 is 0 Å². The highest BCUT2D eigenvalue weighted by atomic mass is 35.5. The number of aliphatic imine (C=N–C) groups is 1. The zero-order chi connectivity index (χ0) is 17.3. The summed E-state index contributed by atoms with van der Waals surface area (Å²) in [5.41, 5.74) is 4.48. The molecule has 0 radical (unpaired) electrons. The molecule has 0 amide bonds. The van der Waals surface area contributed by atoms with Gasteiger partial charge < -0.3 is 4.90 Å². The Kier molecular flexibility index (Phi) is 4.83. The average molecular weight is 359 g/mol. The van der Waals surface area contributed by atoms with Crippen molar-refractivity contribution in [2.75, 3.05) is 18.0 Å². The van der Waals surface area contributed by atoms with E-state index in [1.54, 1.807) is 11.3 Å². The predicted octanol–water partition coefficient (Wildman–Crippen LogP) is 4.71. The zero-order valence-corrected chi connectivity index (χ0v) is 15.6. The van der Waals surface area contributed by atoms with E-state index in [0.717, 1.165) is 28.7 Å². The first kappa shape index (κ1) is 16.9. The first-order valence-corrected chi connectivity index (χ1v) is 8.97. The van der Waals surface area contributed by atoms with Crippen molar-refractivity contribution < 1.29 is 0 Å². The van der Waals surface area contributed by atoms with Crippen molar-refractivity contribution in [1.82, 2.24) is 0 Å². The van der Waals surface area contributed by atoms with Crippen molar-refractivity contribution in [3.63, 3.8) is 0 Å². The highest BCUT2D eigenvalue weighted by Gasteiger charge is 2.27. The molecule has 0 saturated carbocycles. The molecule has 0 spiro atoms. The number of halogens is 1. The molecule has 3 rings (SSSR count). The van der Waals surface area contributed by atoms with Crippen LogP contribution in [0, 0.1) is 13.8 Å². The molecule has 1 aromatic carbocycles. The number of hydrogen-bond acceptors (Lipinski definition) is 4. The molecule has 1 aliphatic heterocycles. The summed E-state index contributed by atoms with van der Waals surface area (Å²) in [6.45, 7) is 11.2. The summed E-state index contributed by atoms with van der Waals surface area (Å²) in [6, 6.07) is 7.83. The van der Waals surface area contributed by atoms with Crippen LogP contribution < -0.4 is 4.90 Å². The van der Waals surface area contributed by atoms with E-state index < -0.39 is 0 Å². The first-order valence-electron chi connectivity index (χ1n) is 7.77. The van der Waals surface area contributed by atoms with Gasteiger partial charge in [-0.05, 0) is 38.5 Å². The van der Waals surface area contributed by atoms with Crippen LogP contribution in [0.3, 0.4) is 0 Å². The Morgan fingerprint density at radius 2 is 2.00 bits per heavy atom. The van der Waals surface area contributed by atoms with Gasteiger partial charge in [0, 0.05) is 34.3 Å². The molecule has 0 atom stereocenters. The Labute approximate surface area is 151 Å². The van der Waals surface area contributed by atoms with Gasteiger partial charge in [-0.15, -0.1) is 16.4 Å². The molecule has 0 fully saturated rings. The molecule has 0 N–H and O–H groups in total. The van der Waals surface area contributed by atoms with E-state index in [9.17, 15) is 0 Å². The van der Waals surface area contributed by atoms with Crippen molar-refractivity contribution in [3.05, 3.63) is 50.9 Å². The summed E-state index contributed by atoms with van der Waals surface area (Å²) in [5, 5.41) is 9.83. The molecule has 2 heterocycles. The SMILES string of the molecule is C=N/N=C1/CN=C(c2ccc(Cl)cc2)c2c(sc(C)c2C)N1CC. The highest BCUT2D eigenvalue weighted by molar-refractivity contribution is 7.17. The molecular weight excluding hydrogens is 340 g/mol. The van der Waals surface area contributed by atoms with Crippen LogP contribution in [-0.2, 0) is 0 Å². The first-order chi connectivity index (χ1) is 11.6. The Morgan fingerprint density at radius 1 is 1.29 bits per heavy atom. The Bertz CT molecular complexity index is 833. The van der Waals surface area contributed by atoms with E-state index in [-0.39, 0.29) is 0 Å². The summed E-state index contributed by atoms with van der Waals surface area (Å²) in [7, 11) is 0. The van der Waals surface area contributed by atoms with Crippen LogP contribution in [0.15, 0.2) is 39.5 Å². The number of likely N-dealkylation sites (N-methyl/N-ethyl adjacent to an activating group) is 1. The largest absolute Gasteiger partial charge is 0.318 e. The van der Waals surface area contributed by atoms with E-state index in [1.807, 2.05) is 24.3 Å². The Morgan fingerprint density at radius 3 is 2.62 bits per heavy atom. The zero-order valence-electron chi connectivity index (χ0n) is 14.0. The number of amidine groups is 1. The molecule has 4 nitrogen and oxygen atoms in total. The van der Waals surface area contributed by atoms with Crippen LogP contribution in [0.5, 0.6) is 0 Å². The van der Waals surface area contributed by atoms with E-state index in [2.05, 4.69) is 42.6 Å². The summed E-state index contributed by atoms with van der Waals surface area (Å²) in [4.78, 5) is 8.32. The number of rotatable bonds is 3. The predicted molar refractivity (Wildman–Crippen MR) is 106 cm³/mol. The molecule has 2 aromatic rings. The van der Waals surface area contributed by atoms with Gasteiger partial charge in [0.2, 0.25) is 0 Å². The Hall–Kier alpha value is -1.98. The van der Waals surface area contributed by atoms with Crippen molar-refractivity contribution in [3.8, 4) is 0 Å². The molecule has 124 valence electrons. The van der Waals surface area contributed by atoms with E-state index in [1.165, 1.54) is 21.0 Å². The second kappa shape index (κ2) is 6.87. The van der Waals surface area contributed by atoms with Crippen LogP contribution in [0.1, 0.15) is 28.5 Å². The van der Waals surface area contributed by atoms with Gasteiger partial charge in [0.05, 0.1) is 12.3 Å². The van der Waals surface area contributed by atoms with Gasteiger partial charge in [-0.1, -0.05) is 23.7 Å². The number of benzene rings is 1. The second-order valence-electron chi connectivity index (χ2n) is 5.54. The lowest BCUT2D eigenvalue weighted by atomic mass is 10.00. The Balaban J connectivity index is 2.24. The number of nitrogens with zero attached hydrogens (tertiary/aromatic N) is 4. The van der Waals surface area contributed by atoms with Gasteiger partial charge in [-0.3, -0.25) is 4.99 Å². The lowest BCUT2D eigenvalue weighted by molar-refractivity contribution is 1.03. The lowest BCUT2D eigenvalue weighted by Crippen LogP contribution is -2.31. The topological polar surface area (TPSA) is 40.3 Å². The molecule has 1 aliphatic rings. The van der Waals surface area contributed by atoms with Crippen LogP contribution >= 0.6 is 22.9 Å². The van der Waals surface area contributed by atoms with Crippen molar-refractivity contribution >= 4 is 46.2 Å². The summed E-state index contributed by atoms with van der Waals surface area (Å²) < 4.78 is 0. The fourth-order valence-corrected chi connectivity index (χ4v) is 4.21. The normalized spacial score (nSPS) is 15.9. The second-order valence-corrected chi connectivity index (χ2v) is 7.18. The minimum atomic E-state index is 0.477. The summed E-state index contributed by atoms with van der Waals surface area (Å²) in [6.07, 6.45) is 0. The fourth-order valence-electron chi connectivity index (χ4n) is 2.85. The average Bonchev–Trinajstić information content (AvgIpc) is 2.77. The van der Waals surface area contributed by atoms with Crippen LogP contribution in [0.25, 0.3) is 0 Å². The third kappa shape index (κ3) is 2.89. The molecule has 0 aliphatic carbocycles. The van der Waals surface area contributed by atoms with Crippen LogP contribution in [0.2, 0.25) is 5.02 Å². The number of thiophene rings is 1. The maximum atomic E-state index is 6.04. The summed E-state index contributed by atoms with van der Waals surface area (Å²) in [5.74, 6) is 0.818. The van der Waals surface area contributed by atoms with Gasteiger partial charge in [-0.25, -0.2) is 0 Å². The minimum Gasteiger partial charge on any atom is -0.318 e. The smallest absolute Gasteiger partial charge is 0.154 e. The monoisotopic (exact) mass is 358 g/mol. The third-order valence-corrected chi connectivity index (χ3v) is 5.64. The standard InChI is InChI=1S/C18H19ClN4S/c1-5-23-15(22-20-4)10-21-17(13-6-8-14(19)9-7-13)16-11(2)12(3)24-18(16)23/h6-9H,4-5,10H2,1-3H3/b22-15-. The summed E-state index contributed by atoms with van der Waals surface area (Å²) >= 11 is 7.81. The molecule has 6 heteroatoms. The van der Waals surface area contributed by atoms with Gasteiger partial charge in [0.25, 0.3) is 0 Å². The third-order valence-electron chi connectivity index (χ3n) is 4.16. The molecule has 0 bridgehead atoms. The van der Waals surface area contributed by atoms with Gasteiger partial charge in [-0.2, -0.15) is 5.10 Å². The molecule has 24 heavy (non-hydrogen) atoms. The van der Waals surface area contributed by atoms with Crippen molar-refractivity contribution in [1.29, 1.82) is 0 Å². The van der Waals surface area contributed by atoms with Crippen molar-refractivity contribution in [2.24, 2.45) is 15.2 Å². The minimum absolute atomic E-state index is 0.477. The number of fused-ring (bicyclic) bond motifs is 1. The number of aryl methyl sites for hydroxylation is 1. The van der Waals surface area contributed by atoms with Crippen LogP contribution in [-0.4, -0.2) is 31.4 Å². The van der Waals surface area contributed by atoms with E-state index in [0.29, 0.717) is 6.54 Å². The highest BCUT2D eigenvalue weighted by Crippen LogP contribution is 2.38. The van der Waals surface area contributed by atoms with Gasteiger partial charge in [0.1, 0.15) is 5.00 Å². The molecule has 0 unspecified atom stereocenters. The number of hydrogen-bond donors (Lipinski definition) is 0. The fraction of sp³-hybridized carbons (Fsp3) is 0.278. The van der Waals surface area contributed by atoms with E-state index in [4.69, 9.17) is 16.6 Å².